The number of aryl methyl sites for hydroxylation is 1. The highest BCUT2D eigenvalue weighted by molar-refractivity contribution is 7.89. The van der Waals surface area contributed by atoms with Crippen LogP contribution in [-0.2, 0) is 10.0 Å². The number of piperidine rings is 1. The van der Waals surface area contributed by atoms with Crippen molar-refractivity contribution in [3.05, 3.63) is 78.0 Å². The van der Waals surface area contributed by atoms with Crippen molar-refractivity contribution in [1.82, 2.24) is 9.29 Å². The van der Waals surface area contributed by atoms with E-state index in [0.29, 0.717) is 24.5 Å². The van der Waals surface area contributed by atoms with Crippen molar-refractivity contribution in [2.24, 2.45) is 0 Å². The summed E-state index contributed by atoms with van der Waals surface area (Å²) in [7, 11) is -3.62. The van der Waals surface area contributed by atoms with Crippen molar-refractivity contribution in [2.45, 2.75) is 31.1 Å². The molecule has 1 amide bonds. The van der Waals surface area contributed by atoms with Gasteiger partial charge in [0.1, 0.15) is 5.82 Å². The summed E-state index contributed by atoms with van der Waals surface area (Å²) in [5, 5.41) is 2.76. The molecule has 1 aliphatic rings. The molecule has 0 atom stereocenters. The van der Waals surface area contributed by atoms with E-state index in [1.54, 1.807) is 31.3 Å². The highest BCUT2D eigenvalue weighted by Gasteiger charge is 2.28. The Balaban J connectivity index is 1.53. The molecule has 1 fully saturated rings. The SMILES string of the molecule is Cc1ccc(C(=O)Nc2ccc(-c3ccccc3)cn2)cc1S(=O)(=O)N1CCCCC1. The third-order valence-corrected chi connectivity index (χ3v) is 7.54. The van der Waals surface area contributed by atoms with Crippen molar-refractivity contribution in [3.63, 3.8) is 0 Å². The van der Waals surface area contributed by atoms with E-state index < -0.39 is 15.9 Å². The lowest BCUT2D eigenvalue weighted by atomic mass is 10.1. The van der Waals surface area contributed by atoms with Crippen LogP contribution in [0.25, 0.3) is 11.1 Å². The van der Waals surface area contributed by atoms with Gasteiger partial charge in [-0.1, -0.05) is 42.8 Å². The number of amides is 1. The Morgan fingerprint density at radius 2 is 1.68 bits per heavy atom. The number of nitrogens with one attached hydrogen (secondary N) is 1. The van der Waals surface area contributed by atoms with Gasteiger partial charge in [0.25, 0.3) is 5.91 Å². The molecule has 0 spiro atoms. The molecular weight excluding hydrogens is 410 g/mol. The second-order valence-corrected chi connectivity index (χ2v) is 9.60. The molecule has 7 heteroatoms. The minimum atomic E-state index is -3.62. The van der Waals surface area contributed by atoms with Gasteiger partial charge in [0.05, 0.1) is 4.90 Å². The first-order valence-electron chi connectivity index (χ1n) is 10.4. The van der Waals surface area contributed by atoms with Gasteiger partial charge in [-0.2, -0.15) is 4.31 Å². The number of hydrogen-bond donors (Lipinski definition) is 1. The summed E-state index contributed by atoms with van der Waals surface area (Å²) in [6.45, 7) is 2.80. The van der Waals surface area contributed by atoms with Gasteiger partial charge in [-0.15, -0.1) is 0 Å². The molecule has 0 saturated carbocycles. The normalized spacial score (nSPS) is 14.9. The zero-order valence-electron chi connectivity index (χ0n) is 17.4. The number of carbonyl (C=O) groups excluding carboxylic acids is 1. The van der Waals surface area contributed by atoms with Crippen LogP contribution < -0.4 is 5.32 Å². The Hall–Kier alpha value is -3.03. The third kappa shape index (κ3) is 4.68. The third-order valence-electron chi connectivity index (χ3n) is 5.50. The maximum Gasteiger partial charge on any atom is 0.256 e. The predicted molar refractivity (Wildman–Crippen MR) is 121 cm³/mol. The minimum Gasteiger partial charge on any atom is -0.307 e. The standard InChI is InChI=1S/C24H25N3O3S/c1-18-10-11-20(16-22(18)31(29,30)27-14-6-3-7-15-27)24(28)26-23-13-12-21(17-25-23)19-8-4-2-5-9-19/h2,4-5,8-13,16-17H,3,6-7,14-15H2,1H3,(H,25,26,28). The molecule has 1 saturated heterocycles. The number of benzene rings is 2. The molecule has 3 aromatic rings. The first-order chi connectivity index (χ1) is 14.9. The first-order valence-corrected chi connectivity index (χ1v) is 11.8. The summed E-state index contributed by atoms with van der Waals surface area (Å²) >= 11 is 0. The Labute approximate surface area is 183 Å². The maximum absolute atomic E-state index is 13.1. The molecule has 1 N–H and O–H groups in total. The van der Waals surface area contributed by atoms with Gasteiger partial charge in [0, 0.05) is 30.4 Å². The van der Waals surface area contributed by atoms with Crippen molar-refractivity contribution >= 4 is 21.7 Å². The van der Waals surface area contributed by atoms with Crippen LogP contribution in [0.15, 0.2) is 71.8 Å². The number of aromatic nitrogens is 1. The van der Waals surface area contributed by atoms with Crippen molar-refractivity contribution in [1.29, 1.82) is 0 Å². The fourth-order valence-electron chi connectivity index (χ4n) is 3.72. The number of pyridine rings is 1. The van der Waals surface area contributed by atoms with Gasteiger partial charge in [0.15, 0.2) is 0 Å². The molecular formula is C24H25N3O3S. The lowest BCUT2D eigenvalue weighted by molar-refractivity contribution is 0.102. The molecule has 4 rings (SSSR count). The summed E-state index contributed by atoms with van der Waals surface area (Å²) in [5.41, 5.74) is 2.91. The van der Waals surface area contributed by atoms with E-state index in [2.05, 4.69) is 10.3 Å². The summed E-state index contributed by atoms with van der Waals surface area (Å²) in [5.74, 6) is 0.0146. The van der Waals surface area contributed by atoms with E-state index in [9.17, 15) is 13.2 Å². The largest absolute Gasteiger partial charge is 0.307 e. The maximum atomic E-state index is 13.1. The van der Waals surface area contributed by atoms with Gasteiger partial charge in [0.2, 0.25) is 10.0 Å². The van der Waals surface area contributed by atoms with Crippen LogP contribution in [0.4, 0.5) is 5.82 Å². The van der Waals surface area contributed by atoms with Crippen molar-refractivity contribution in [3.8, 4) is 11.1 Å². The fraction of sp³-hybridized carbons (Fsp3) is 0.250. The first kappa shape index (κ1) is 21.2. The van der Waals surface area contributed by atoms with Crippen molar-refractivity contribution in [2.75, 3.05) is 18.4 Å². The number of rotatable bonds is 5. The summed E-state index contributed by atoms with van der Waals surface area (Å²) < 4.78 is 27.7. The van der Waals surface area contributed by atoms with E-state index in [1.807, 2.05) is 36.4 Å². The quantitative estimate of drug-likeness (QED) is 0.641. The molecule has 0 aliphatic carbocycles. The van der Waals surface area contributed by atoms with Gasteiger partial charge in [-0.05, 0) is 55.2 Å². The number of carbonyl (C=O) groups is 1. The number of hydrogen-bond acceptors (Lipinski definition) is 4. The highest BCUT2D eigenvalue weighted by atomic mass is 32.2. The Morgan fingerprint density at radius 1 is 0.935 bits per heavy atom. The smallest absolute Gasteiger partial charge is 0.256 e. The van der Waals surface area contributed by atoms with E-state index in [1.165, 1.54) is 10.4 Å². The van der Waals surface area contributed by atoms with E-state index >= 15 is 0 Å². The fourth-order valence-corrected chi connectivity index (χ4v) is 5.49. The van der Waals surface area contributed by atoms with Gasteiger partial charge in [-0.3, -0.25) is 4.79 Å². The number of anilines is 1. The summed E-state index contributed by atoms with van der Waals surface area (Å²) in [6.07, 6.45) is 4.47. The molecule has 0 unspecified atom stereocenters. The molecule has 6 nitrogen and oxygen atoms in total. The molecule has 2 aromatic carbocycles. The molecule has 2 heterocycles. The van der Waals surface area contributed by atoms with Gasteiger partial charge < -0.3 is 5.32 Å². The molecule has 1 aromatic heterocycles. The van der Waals surface area contributed by atoms with Crippen LogP contribution in [0, 0.1) is 6.92 Å². The van der Waals surface area contributed by atoms with E-state index in [0.717, 1.165) is 30.4 Å². The Bertz CT molecular complexity index is 1170. The van der Waals surface area contributed by atoms with Crippen LogP contribution in [0.2, 0.25) is 0 Å². The van der Waals surface area contributed by atoms with Gasteiger partial charge in [-0.25, -0.2) is 13.4 Å². The number of nitrogens with zero attached hydrogens (tertiary/aromatic N) is 2. The predicted octanol–water partition coefficient (Wildman–Crippen LogP) is 4.48. The molecule has 0 radical (unpaired) electrons. The summed E-state index contributed by atoms with van der Waals surface area (Å²) in [4.78, 5) is 17.3. The molecule has 1 aliphatic heterocycles. The van der Waals surface area contributed by atoms with Crippen LogP contribution >= 0.6 is 0 Å². The molecule has 31 heavy (non-hydrogen) atoms. The zero-order chi connectivity index (χ0) is 21.8. The lowest BCUT2D eigenvalue weighted by Gasteiger charge is -2.26. The molecule has 160 valence electrons. The van der Waals surface area contributed by atoms with Gasteiger partial charge >= 0.3 is 0 Å². The van der Waals surface area contributed by atoms with Crippen LogP contribution in [0.1, 0.15) is 35.2 Å². The van der Waals surface area contributed by atoms with E-state index in [4.69, 9.17) is 0 Å². The zero-order valence-corrected chi connectivity index (χ0v) is 18.2. The monoisotopic (exact) mass is 435 g/mol. The minimum absolute atomic E-state index is 0.189. The van der Waals surface area contributed by atoms with Crippen LogP contribution in [0.5, 0.6) is 0 Å². The Morgan fingerprint density at radius 3 is 2.35 bits per heavy atom. The van der Waals surface area contributed by atoms with Crippen molar-refractivity contribution < 1.29 is 13.2 Å². The molecule has 0 bridgehead atoms. The Kier molecular flexibility index (Phi) is 6.15. The second kappa shape index (κ2) is 8.99. The average Bonchev–Trinajstić information content (AvgIpc) is 2.81. The van der Waals surface area contributed by atoms with Crippen LogP contribution in [0.3, 0.4) is 0 Å². The lowest BCUT2D eigenvalue weighted by Crippen LogP contribution is -2.36. The highest BCUT2D eigenvalue weighted by Crippen LogP contribution is 2.25. The van der Waals surface area contributed by atoms with E-state index in [-0.39, 0.29) is 10.5 Å². The van der Waals surface area contributed by atoms with Crippen LogP contribution in [-0.4, -0.2) is 36.7 Å². The summed E-state index contributed by atoms with van der Waals surface area (Å²) in [6, 6.07) is 18.3. The average molecular weight is 436 g/mol. The number of sulfonamides is 1. The second-order valence-electron chi connectivity index (χ2n) is 7.70. The topological polar surface area (TPSA) is 79.4 Å².